The van der Waals surface area contributed by atoms with Crippen molar-refractivity contribution in [1.82, 2.24) is 5.32 Å². The van der Waals surface area contributed by atoms with Gasteiger partial charge in [-0.05, 0) is 27.2 Å². The first-order chi connectivity index (χ1) is 12.2. The summed E-state index contributed by atoms with van der Waals surface area (Å²) >= 11 is 3.05. The number of rotatable bonds is 15. The van der Waals surface area contributed by atoms with Crippen LogP contribution in [0.2, 0.25) is 0 Å². The van der Waals surface area contributed by atoms with Gasteiger partial charge in [-0.25, -0.2) is 4.79 Å². The lowest BCUT2D eigenvalue weighted by Gasteiger charge is -2.19. The second-order valence-corrected chi connectivity index (χ2v) is 6.99. The Morgan fingerprint density at radius 3 is 2.19 bits per heavy atom. The molecule has 0 aliphatic heterocycles. The highest BCUT2D eigenvalue weighted by atomic mass is 79.9. The van der Waals surface area contributed by atoms with Crippen LogP contribution in [0.15, 0.2) is 0 Å². The lowest BCUT2D eigenvalue weighted by Crippen LogP contribution is -2.28. The Morgan fingerprint density at radius 1 is 0.923 bits per heavy atom. The smallest absolute Gasteiger partial charge is 0.332 e. The van der Waals surface area contributed by atoms with E-state index in [-0.39, 0.29) is 30.2 Å². The Labute approximate surface area is 163 Å². The van der Waals surface area contributed by atoms with Crippen molar-refractivity contribution in [1.29, 1.82) is 0 Å². The first kappa shape index (κ1) is 25.0. The predicted octanol–water partition coefficient (Wildman–Crippen LogP) is 1.24. The molecule has 0 aromatic heterocycles. The molecule has 0 spiro atoms. The number of ketones is 1. The SMILES string of the molecule is CC(C)(C)OC(=O)COCC(=O)CCCOCCOCCNC(=O)CBr. The summed E-state index contributed by atoms with van der Waals surface area (Å²) in [6, 6.07) is 0. The second kappa shape index (κ2) is 15.1. The first-order valence-electron chi connectivity index (χ1n) is 8.54. The monoisotopic (exact) mass is 439 g/mol. The largest absolute Gasteiger partial charge is 0.458 e. The molecule has 9 heteroatoms. The van der Waals surface area contributed by atoms with E-state index in [0.29, 0.717) is 45.8 Å². The van der Waals surface area contributed by atoms with Gasteiger partial charge < -0.3 is 24.3 Å². The lowest BCUT2D eigenvalue weighted by molar-refractivity contribution is -0.160. The molecule has 0 saturated carbocycles. The third-order valence-corrected chi connectivity index (χ3v) is 3.22. The Hall–Kier alpha value is -1.03. The van der Waals surface area contributed by atoms with Gasteiger partial charge in [-0.15, -0.1) is 0 Å². The normalized spacial score (nSPS) is 11.2. The van der Waals surface area contributed by atoms with Crippen molar-refractivity contribution >= 4 is 33.6 Å². The molecule has 0 bridgehead atoms. The van der Waals surface area contributed by atoms with Crippen molar-refractivity contribution < 1.29 is 33.3 Å². The summed E-state index contributed by atoms with van der Waals surface area (Å²) in [5, 5.41) is 2.94. The van der Waals surface area contributed by atoms with Crippen LogP contribution >= 0.6 is 15.9 Å². The maximum Gasteiger partial charge on any atom is 0.332 e. The Morgan fingerprint density at radius 2 is 1.58 bits per heavy atom. The van der Waals surface area contributed by atoms with E-state index < -0.39 is 11.6 Å². The summed E-state index contributed by atoms with van der Waals surface area (Å²) in [5.41, 5.74) is -0.562. The Balaban J connectivity index is 3.39. The molecule has 1 N–H and O–H groups in total. The quantitative estimate of drug-likeness (QED) is 0.232. The summed E-state index contributed by atoms with van der Waals surface area (Å²) < 4.78 is 20.7. The maximum absolute atomic E-state index is 11.6. The van der Waals surface area contributed by atoms with Crippen molar-refractivity contribution in [3.63, 3.8) is 0 Å². The minimum absolute atomic E-state index is 0.0791. The lowest BCUT2D eigenvalue weighted by atomic mass is 10.2. The molecule has 152 valence electrons. The molecule has 26 heavy (non-hydrogen) atoms. The second-order valence-electron chi connectivity index (χ2n) is 6.43. The van der Waals surface area contributed by atoms with Crippen LogP contribution in [0.3, 0.4) is 0 Å². The van der Waals surface area contributed by atoms with Crippen molar-refractivity contribution in [3.8, 4) is 0 Å². The van der Waals surface area contributed by atoms with Gasteiger partial charge in [0.2, 0.25) is 5.91 Å². The molecule has 0 unspecified atom stereocenters. The highest BCUT2D eigenvalue weighted by Crippen LogP contribution is 2.06. The van der Waals surface area contributed by atoms with Crippen LogP contribution < -0.4 is 5.32 Å². The Kier molecular flexibility index (Phi) is 14.5. The van der Waals surface area contributed by atoms with E-state index in [1.165, 1.54) is 0 Å². The van der Waals surface area contributed by atoms with E-state index in [2.05, 4.69) is 21.2 Å². The number of carbonyl (C=O) groups excluding carboxylic acids is 3. The van der Waals surface area contributed by atoms with E-state index in [9.17, 15) is 14.4 Å². The summed E-state index contributed by atoms with van der Waals surface area (Å²) in [4.78, 5) is 33.9. The predicted molar refractivity (Wildman–Crippen MR) is 99.3 cm³/mol. The zero-order chi connectivity index (χ0) is 19.8. The molecule has 0 rings (SSSR count). The fourth-order valence-electron chi connectivity index (χ4n) is 1.69. The summed E-state index contributed by atoms with van der Waals surface area (Å²) in [6.07, 6.45) is 0.906. The number of esters is 1. The van der Waals surface area contributed by atoms with Gasteiger partial charge in [-0.1, -0.05) is 15.9 Å². The number of halogens is 1. The van der Waals surface area contributed by atoms with E-state index in [1.54, 1.807) is 20.8 Å². The molecule has 0 aliphatic carbocycles. The van der Waals surface area contributed by atoms with E-state index >= 15 is 0 Å². The van der Waals surface area contributed by atoms with Crippen molar-refractivity contribution in [2.45, 2.75) is 39.2 Å². The van der Waals surface area contributed by atoms with Crippen LogP contribution in [-0.2, 0) is 33.3 Å². The van der Waals surface area contributed by atoms with E-state index in [1.807, 2.05) is 0 Å². The van der Waals surface area contributed by atoms with Gasteiger partial charge in [0.25, 0.3) is 0 Å². The highest BCUT2D eigenvalue weighted by Gasteiger charge is 2.16. The van der Waals surface area contributed by atoms with Gasteiger partial charge in [0.1, 0.15) is 18.8 Å². The minimum atomic E-state index is -0.562. The van der Waals surface area contributed by atoms with E-state index in [4.69, 9.17) is 18.9 Å². The van der Waals surface area contributed by atoms with E-state index in [0.717, 1.165) is 0 Å². The van der Waals surface area contributed by atoms with Gasteiger partial charge in [0.15, 0.2) is 5.78 Å². The molecule has 0 aliphatic rings. The number of hydrogen-bond acceptors (Lipinski definition) is 7. The van der Waals surface area contributed by atoms with Crippen molar-refractivity contribution in [2.75, 3.05) is 51.5 Å². The average Bonchev–Trinajstić information content (AvgIpc) is 2.54. The summed E-state index contributed by atoms with van der Waals surface area (Å²) in [7, 11) is 0. The van der Waals surface area contributed by atoms with Crippen LogP contribution in [0.1, 0.15) is 33.6 Å². The fourth-order valence-corrected chi connectivity index (χ4v) is 1.89. The number of hydrogen-bond donors (Lipinski definition) is 1. The summed E-state index contributed by atoms with van der Waals surface area (Å²) in [6.45, 7) is 7.15. The van der Waals surface area contributed by atoms with Gasteiger partial charge in [0, 0.05) is 19.6 Å². The zero-order valence-corrected chi connectivity index (χ0v) is 17.4. The third kappa shape index (κ3) is 17.8. The van der Waals surface area contributed by atoms with Crippen molar-refractivity contribution in [2.24, 2.45) is 0 Å². The molecule has 0 aromatic carbocycles. The molecular weight excluding hydrogens is 410 g/mol. The minimum Gasteiger partial charge on any atom is -0.458 e. The number of alkyl halides is 1. The van der Waals surface area contributed by atoms with Crippen molar-refractivity contribution in [3.05, 3.63) is 0 Å². The number of ether oxygens (including phenoxy) is 4. The number of nitrogens with one attached hydrogen (secondary N) is 1. The molecule has 0 fully saturated rings. The number of Topliss-reactive ketones (excluding diaryl/α,β-unsaturated/α-hetero) is 1. The highest BCUT2D eigenvalue weighted by molar-refractivity contribution is 9.09. The summed E-state index contributed by atoms with van der Waals surface area (Å²) in [5.74, 6) is -0.652. The number of carbonyl (C=O) groups is 3. The molecule has 0 atom stereocenters. The molecule has 0 heterocycles. The fraction of sp³-hybridized carbons (Fsp3) is 0.824. The van der Waals surface area contributed by atoms with Gasteiger partial charge in [-0.3, -0.25) is 9.59 Å². The Bertz CT molecular complexity index is 424. The van der Waals surface area contributed by atoms with Crippen LogP contribution in [0.5, 0.6) is 0 Å². The molecule has 0 saturated heterocycles. The third-order valence-electron chi connectivity index (χ3n) is 2.71. The molecule has 8 nitrogen and oxygen atoms in total. The van der Waals surface area contributed by atoms with Gasteiger partial charge in [0.05, 0.1) is 25.2 Å². The van der Waals surface area contributed by atoms with Crippen LogP contribution in [-0.4, -0.2) is 74.8 Å². The van der Waals surface area contributed by atoms with Gasteiger partial charge in [-0.2, -0.15) is 0 Å². The molecular formula is C17H30BrNO7. The molecule has 0 aromatic rings. The van der Waals surface area contributed by atoms with Gasteiger partial charge >= 0.3 is 5.97 Å². The first-order valence-corrected chi connectivity index (χ1v) is 9.66. The molecule has 0 radical (unpaired) electrons. The van der Waals surface area contributed by atoms with Crippen LogP contribution in [0.4, 0.5) is 0 Å². The zero-order valence-electron chi connectivity index (χ0n) is 15.8. The number of amides is 1. The molecule has 1 amide bonds. The topological polar surface area (TPSA) is 100 Å². The van der Waals surface area contributed by atoms with Crippen LogP contribution in [0.25, 0.3) is 0 Å². The maximum atomic E-state index is 11.6. The average molecular weight is 440 g/mol. The standard InChI is InChI=1S/C17H30BrNO7/c1-17(2,3)26-16(22)13-25-12-14(20)5-4-7-23-9-10-24-8-6-19-15(21)11-18/h4-13H2,1-3H3,(H,19,21). The van der Waals surface area contributed by atoms with Crippen LogP contribution in [0, 0.1) is 0 Å².